The SMILES string of the molecule is CO[C@]12C(=O)Nc3nc(-c4nn(Cc5ccccc5F)c5ncc(F)cc45)nc(c31)NC(=O)C2(C)C. The van der Waals surface area contributed by atoms with E-state index in [2.05, 4.69) is 30.7 Å². The quantitative estimate of drug-likeness (QED) is 0.450. The molecule has 10 nitrogen and oxygen atoms in total. The van der Waals surface area contributed by atoms with Crippen molar-refractivity contribution in [3.8, 4) is 11.5 Å². The second kappa shape index (κ2) is 7.34. The molecule has 2 aliphatic heterocycles. The fourth-order valence-corrected chi connectivity index (χ4v) is 4.96. The number of amides is 2. The number of ether oxygens (including phenoxy) is 1. The molecule has 1 aromatic carbocycles. The van der Waals surface area contributed by atoms with Gasteiger partial charge >= 0.3 is 0 Å². The average molecular weight is 491 g/mol. The fourth-order valence-electron chi connectivity index (χ4n) is 4.96. The summed E-state index contributed by atoms with van der Waals surface area (Å²) < 4.78 is 35.6. The molecule has 3 aromatic heterocycles. The molecule has 0 saturated carbocycles. The molecular weight excluding hydrogens is 472 g/mol. The van der Waals surface area contributed by atoms with Gasteiger partial charge in [0.25, 0.3) is 5.91 Å². The lowest BCUT2D eigenvalue weighted by atomic mass is 9.68. The van der Waals surface area contributed by atoms with Crippen LogP contribution in [0.1, 0.15) is 25.0 Å². The van der Waals surface area contributed by atoms with Crippen LogP contribution in [0.25, 0.3) is 22.6 Å². The van der Waals surface area contributed by atoms with Crippen molar-refractivity contribution in [2.24, 2.45) is 5.41 Å². The van der Waals surface area contributed by atoms with Gasteiger partial charge in [-0.1, -0.05) is 18.2 Å². The third-order valence-corrected chi connectivity index (χ3v) is 6.84. The van der Waals surface area contributed by atoms with Crippen molar-refractivity contribution in [3.63, 3.8) is 0 Å². The number of methoxy groups -OCH3 is 1. The fraction of sp³-hybridized carbons (Fsp3) is 0.250. The highest BCUT2D eigenvalue weighted by molar-refractivity contribution is 6.14. The second-order valence-electron chi connectivity index (χ2n) is 9.16. The molecule has 2 amide bonds. The molecule has 0 bridgehead atoms. The van der Waals surface area contributed by atoms with Crippen molar-refractivity contribution in [2.75, 3.05) is 17.7 Å². The Morgan fingerprint density at radius 2 is 1.75 bits per heavy atom. The Labute approximate surface area is 202 Å². The van der Waals surface area contributed by atoms with Crippen molar-refractivity contribution in [1.29, 1.82) is 0 Å². The van der Waals surface area contributed by atoms with Gasteiger partial charge in [0.1, 0.15) is 29.0 Å². The van der Waals surface area contributed by atoms with E-state index in [-0.39, 0.29) is 40.7 Å². The molecule has 0 spiro atoms. The number of pyridine rings is 1. The van der Waals surface area contributed by atoms with Crippen molar-refractivity contribution in [1.82, 2.24) is 24.7 Å². The number of carbonyl (C=O) groups excluding carboxylic acids is 2. The summed E-state index contributed by atoms with van der Waals surface area (Å²) >= 11 is 0. The van der Waals surface area contributed by atoms with Crippen molar-refractivity contribution in [2.45, 2.75) is 26.0 Å². The molecule has 1 atom stereocenters. The normalized spacial score (nSPS) is 19.8. The molecule has 4 aromatic rings. The monoisotopic (exact) mass is 491 g/mol. The summed E-state index contributed by atoms with van der Waals surface area (Å²) in [6, 6.07) is 7.44. The Hall–Kier alpha value is -4.32. The highest BCUT2D eigenvalue weighted by Gasteiger charge is 2.65. The lowest BCUT2D eigenvalue weighted by molar-refractivity contribution is -0.164. The number of carbonyl (C=O) groups is 2. The van der Waals surface area contributed by atoms with Gasteiger partial charge in [0, 0.05) is 12.7 Å². The zero-order chi connectivity index (χ0) is 25.4. The summed E-state index contributed by atoms with van der Waals surface area (Å²) in [6.07, 6.45) is 1.04. The number of benzene rings is 1. The first-order chi connectivity index (χ1) is 17.2. The van der Waals surface area contributed by atoms with Crippen LogP contribution < -0.4 is 10.6 Å². The summed E-state index contributed by atoms with van der Waals surface area (Å²) in [6.45, 7) is 3.22. The zero-order valence-corrected chi connectivity index (χ0v) is 19.4. The van der Waals surface area contributed by atoms with Crippen LogP contribution in [0.15, 0.2) is 36.5 Å². The van der Waals surface area contributed by atoms with Crippen LogP contribution in [0.5, 0.6) is 0 Å². The number of nitrogens with one attached hydrogen (secondary N) is 2. The van der Waals surface area contributed by atoms with E-state index >= 15 is 0 Å². The Kier molecular flexibility index (Phi) is 4.52. The number of rotatable bonds is 4. The number of anilines is 2. The third-order valence-electron chi connectivity index (χ3n) is 6.84. The Morgan fingerprint density at radius 1 is 1.06 bits per heavy atom. The maximum Gasteiger partial charge on any atom is 0.263 e. The van der Waals surface area contributed by atoms with E-state index in [1.165, 1.54) is 23.9 Å². The predicted molar refractivity (Wildman–Crippen MR) is 124 cm³/mol. The molecule has 182 valence electrons. The smallest absolute Gasteiger partial charge is 0.263 e. The lowest BCUT2D eigenvalue weighted by Gasteiger charge is -2.43. The van der Waals surface area contributed by atoms with Crippen LogP contribution in [0.3, 0.4) is 0 Å². The molecule has 0 radical (unpaired) electrons. The Morgan fingerprint density at radius 3 is 2.44 bits per heavy atom. The first-order valence-electron chi connectivity index (χ1n) is 11.0. The van der Waals surface area contributed by atoms with Gasteiger partial charge < -0.3 is 15.4 Å². The highest BCUT2D eigenvalue weighted by atomic mass is 19.1. The van der Waals surface area contributed by atoms with Crippen molar-refractivity contribution < 1.29 is 23.1 Å². The molecule has 2 aliphatic rings. The number of halogens is 2. The summed E-state index contributed by atoms with van der Waals surface area (Å²) in [5, 5.41) is 10.2. The van der Waals surface area contributed by atoms with E-state index in [9.17, 15) is 18.4 Å². The van der Waals surface area contributed by atoms with E-state index in [4.69, 9.17) is 4.74 Å². The molecule has 5 heterocycles. The van der Waals surface area contributed by atoms with Crippen LogP contribution in [-0.4, -0.2) is 43.7 Å². The third kappa shape index (κ3) is 2.78. The number of hydrogen-bond donors (Lipinski definition) is 2. The number of hydrogen-bond acceptors (Lipinski definition) is 7. The molecule has 0 fully saturated rings. The van der Waals surface area contributed by atoms with E-state index in [1.807, 2.05) is 0 Å². The minimum Gasteiger partial charge on any atom is -0.362 e. The van der Waals surface area contributed by atoms with E-state index in [0.717, 1.165) is 6.20 Å². The van der Waals surface area contributed by atoms with Gasteiger partial charge in [-0.3, -0.25) is 9.59 Å². The predicted octanol–water partition coefficient (Wildman–Crippen LogP) is 2.99. The van der Waals surface area contributed by atoms with Crippen molar-refractivity contribution >= 4 is 34.5 Å². The molecule has 0 saturated heterocycles. The maximum absolute atomic E-state index is 14.3. The highest BCUT2D eigenvalue weighted by Crippen LogP contribution is 2.55. The maximum atomic E-state index is 14.3. The molecule has 6 rings (SSSR count). The molecule has 36 heavy (non-hydrogen) atoms. The van der Waals surface area contributed by atoms with Crippen LogP contribution in [0.2, 0.25) is 0 Å². The van der Waals surface area contributed by atoms with Gasteiger partial charge in [0.05, 0.1) is 29.1 Å². The second-order valence-corrected chi connectivity index (χ2v) is 9.16. The summed E-state index contributed by atoms with van der Waals surface area (Å²) in [5.41, 5.74) is -1.78. The van der Waals surface area contributed by atoms with Gasteiger partial charge in [-0.2, -0.15) is 5.10 Å². The number of aromatic nitrogens is 5. The van der Waals surface area contributed by atoms with E-state index in [0.29, 0.717) is 11.1 Å². The zero-order valence-electron chi connectivity index (χ0n) is 19.4. The largest absolute Gasteiger partial charge is 0.362 e. The average Bonchev–Trinajstić information content (AvgIpc) is 3.34. The Bertz CT molecular complexity index is 1620. The van der Waals surface area contributed by atoms with Gasteiger partial charge in [0.2, 0.25) is 5.91 Å². The number of fused-ring (bicyclic) bond motifs is 1. The minimum atomic E-state index is -1.63. The lowest BCUT2D eigenvalue weighted by Crippen LogP contribution is -2.57. The van der Waals surface area contributed by atoms with Crippen LogP contribution in [0, 0.1) is 17.0 Å². The van der Waals surface area contributed by atoms with Gasteiger partial charge in [-0.05, 0) is 26.0 Å². The first kappa shape index (κ1) is 22.2. The molecule has 12 heteroatoms. The van der Waals surface area contributed by atoms with Crippen LogP contribution in [0.4, 0.5) is 20.4 Å². The minimum absolute atomic E-state index is 0.0145. The molecular formula is C24H19F2N7O3. The molecule has 2 N–H and O–H groups in total. The summed E-state index contributed by atoms with van der Waals surface area (Å²) in [4.78, 5) is 39.2. The topological polar surface area (TPSA) is 124 Å². The van der Waals surface area contributed by atoms with Crippen LogP contribution >= 0.6 is 0 Å². The van der Waals surface area contributed by atoms with Crippen molar-refractivity contribution in [3.05, 3.63) is 59.3 Å². The Balaban J connectivity index is 1.56. The summed E-state index contributed by atoms with van der Waals surface area (Å²) in [5.74, 6) is -1.80. The van der Waals surface area contributed by atoms with Gasteiger partial charge in [-0.25, -0.2) is 28.4 Å². The first-order valence-corrected chi connectivity index (χ1v) is 11.0. The summed E-state index contributed by atoms with van der Waals surface area (Å²) in [7, 11) is 1.35. The molecule has 0 unspecified atom stereocenters. The standard InChI is InChI=1S/C24H19F2N7O3/c1-23(2)21(34)30-17-15-18(31-22(35)24(15,23)36-3)29-19(28-17)16-13-8-12(25)9-27-20(13)33(32-16)10-11-6-4-5-7-14(11)26/h4-9H,10H2,1-3H3,(H2,28,29,30,31,34,35)/t24-/m0/s1. The van der Waals surface area contributed by atoms with Gasteiger partial charge in [-0.15, -0.1) is 0 Å². The molecule has 0 aliphatic carbocycles. The van der Waals surface area contributed by atoms with E-state index in [1.54, 1.807) is 32.0 Å². The van der Waals surface area contributed by atoms with Crippen LogP contribution in [-0.2, 0) is 26.5 Å². The van der Waals surface area contributed by atoms with Gasteiger partial charge in [0.15, 0.2) is 17.1 Å². The van der Waals surface area contributed by atoms with E-state index < -0.39 is 34.5 Å². The number of nitrogens with zero attached hydrogens (tertiary/aromatic N) is 5.